The molecule has 0 aliphatic rings. The van der Waals surface area contributed by atoms with Crippen LogP contribution in [0.15, 0.2) is 0 Å². The summed E-state index contributed by atoms with van der Waals surface area (Å²) in [5.74, 6) is 0. The Morgan fingerprint density at radius 3 is 2.25 bits per heavy atom. The molecule has 5 N–H and O–H groups in total. The zero-order valence-corrected chi connectivity index (χ0v) is 11.2. The van der Waals surface area contributed by atoms with Crippen molar-refractivity contribution in [2.75, 3.05) is 13.1 Å². The van der Waals surface area contributed by atoms with E-state index < -0.39 is 0 Å². The van der Waals surface area contributed by atoms with Crippen LogP contribution in [0, 0.1) is 0 Å². The van der Waals surface area contributed by atoms with Crippen LogP contribution in [0.3, 0.4) is 0 Å². The van der Waals surface area contributed by atoms with Crippen LogP contribution in [-0.4, -0.2) is 25.2 Å². The van der Waals surface area contributed by atoms with Gasteiger partial charge in [0.25, 0.3) is 0 Å². The summed E-state index contributed by atoms with van der Waals surface area (Å²) in [6.07, 6.45) is 8.46. The van der Waals surface area contributed by atoms with Crippen molar-refractivity contribution in [2.24, 2.45) is 11.5 Å². The second kappa shape index (κ2) is 11.4. The number of hydrogen-bond donors (Lipinski definition) is 3. The van der Waals surface area contributed by atoms with E-state index in [2.05, 4.69) is 19.2 Å². The van der Waals surface area contributed by atoms with Gasteiger partial charge in [0.15, 0.2) is 0 Å². The van der Waals surface area contributed by atoms with Crippen LogP contribution < -0.4 is 16.8 Å². The summed E-state index contributed by atoms with van der Waals surface area (Å²) >= 11 is 0. The maximum atomic E-state index is 6.22. The fraction of sp³-hybridized carbons (Fsp3) is 1.00. The summed E-state index contributed by atoms with van der Waals surface area (Å²) in [6.45, 7) is 6.21. The minimum absolute atomic E-state index is 0.317. The van der Waals surface area contributed by atoms with Gasteiger partial charge in [-0.25, -0.2) is 0 Å². The number of nitrogens with one attached hydrogen (secondary N) is 1. The Balaban J connectivity index is 3.60. The molecule has 3 nitrogen and oxygen atoms in total. The number of hydrogen-bond acceptors (Lipinski definition) is 3. The molecule has 0 aliphatic carbocycles. The molecule has 0 radical (unpaired) electrons. The van der Waals surface area contributed by atoms with E-state index in [4.69, 9.17) is 11.5 Å². The van der Waals surface area contributed by atoms with Crippen molar-refractivity contribution >= 4 is 0 Å². The van der Waals surface area contributed by atoms with Crippen molar-refractivity contribution in [3.8, 4) is 0 Å². The number of likely N-dealkylation sites (N-methyl/N-ethyl adjacent to an activating group) is 1. The summed E-state index contributed by atoms with van der Waals surface area (Å²) in [6, 6.07) is 0.822. The molecule has 2 atom stereocenters. The van der Waals surface area contributed by atoms with Crippen LogP contribution in [-0.2, 0) is 0 Å². The van der Waals surface area contributed by atoms with E-state index in [0.717, 1.165) is 25.9 Å². The monoisotopic (exact) mass is 229 g/mol. The lowest BCUT2D eigenvalue weighted by Gasteiger charge is -2.24. The minimum atomic E-state index is 0.317. The van der Waals surface area contributed by atoms with Crippen molar-refractivity contribution in [3.63, 3.8) is 0 Å². The first-order valence-electron chi connectivity index (χ1n) is 6.95. The standard InChI is InChI=1S/C13H31N3/c1-3-9-13(16-4-2)12(15)10-7-5-6-8-11-14/h12-13,16H,3-11,14-15H2,1-2H3. The molecule has 0 amide bonds. The molecule has 0 aromatic rings. The Hall–Kier alpha value is -0.120. The second-order valence-electron chi connectivity index (χ2n) is 4.61. The first-order chi connectivity index (χ1) is 7.76. The molecule has 2 unspecified atom stereocenters. The van der Waals surface area contributed by atoms with Crippen LogP contribution in [0.4, 0.5) is 0 Å². The molecule has 0 aromatic carbocycles. The normalized spacial score (nSPS) is 15.0. The zero-order valence-electron chi connectivity index (χ0n) is 11.2. The van der Waals surface area contributed by atoms with Crippen molar-refractivity contribution in [1.29, 1.82) is 0 Å². The minimum Gasteiger partial charge on any atom is -0.330 e. The molecule has 0 aliphatic heterocycles. The van der Waals surface area contributed by atoms with Crippen LogP contribution in [0.5, 0.6) is 0 Å². The Morgan fingerprint density at radius 1 is 1.00 bits per heavy atom. The average molecular weight is 229 g/mol. The maximum Gasteiger partial charge on any atom is 0.0218 e. The van der Waals surface area contributed by atoms with E-state index in [1.54, 1.807) is 0 Å². The van der Waals surface area contributed by atoms with Gasteiger partial charge in [0, 0.05) is 12.1 Å². The Kier molecular flexibility index (Phi) is 11.3. The average Bonchev–Trinajstić information content (AvgIpc) is 2.28. The number of rotatable bonds is 11. The highest BCUT2D eigenvalue weighted by Crippen LogP contribution is 2.09. The molecular formula is C13H31N3. The van der Waals surface area contributed by atoms with E-state index in [1.807, 2.05) is 0 Å². The summed E-state index contributed by atoms with van der Waals surface area (Å²) in [4.78, 5) is 0. The van der Waals surface area contributed by atoms with Gasteiger partial charge in [-0.05, 0) is 32.4 Å². The van der Waals surface area contributed by atoms with E-state index in [-0.39, 0.29) is 0 Å². The molecule has 0 rings (SSSR count). The molecule has 0 spiro atoms. The predicted molar refractivity (Wildman–Crippen MR) is 72.5 cm³/mol. The molecule has 0 heterocycles. The van der Waals surface area contributed by atoms with E-state index in [1.165, 1.54) is 32.1 Å². The summed E-state index contributed by atoms with van der Waals surface area (Å²) in [7, 11) is 0. The van der Waals surface area contributed by atoms with Crippen LogP contribution >= 0.6 is 0 Å². The van der Waals surface area contributed by atoms with Gasteiger partial charge in [-0.15, -0.1) is 0 Å². The first kappa shape index (κ1) is 15.9. The predicted octanol–water partition coefficient (Wildman–Crippen LogP) is 2.00. The molecule has 3 heteroatoms. The van der Waals surface area contributed by atoms with Crippen molar-refractivity contribution in [2.45, 2.75) is 70.9 Å². The second-order valence-corrected chi connectivity index (χ2v) is 4.61. The Bertz CT molecular complexity index is 133. The Morgan fingerprint density at radius 2 is 1.69 bits per heavy atom. The van der Waals surface area contributed by atoms with Gasteiger partial charge >= 0.3 is 0 Å². The first-order valence-corrected chi connectivity index (χ1v) is 6.95. The van der Waals surface area contributed by atoms with Gasteiger partial charge in [-0.2, -0.15) is 0 Å². The lowest BCUT2D eigenvalue weighted by Crippen LogP contribution is -2.44. The summed E-state index contributed by atoms with van der Waals surface area (Å²) in [5.41, 5.74) is 11.7. The molecule has 16 heavy (non-hydrogen) atoms. The largest absolute Gasteiger partial charge is 0.330 e. The van der Waals surface area contributed by atoms with Crippen molar-refractivity contribution in [3.05, 3.63) is 0 Å². The molecule has 0 aromatic heterocycles. The fourth-order valence-electron chi connectivity index (χ4n) is 2.12. The van der Waals surface area contributed by atoms with E-state index in [9.17, 15) is 0 Å². The van der Waals surface area contributed by atoms with Gasteiger partial charge < -0.3 is 16.8 Å². The molecule has 0 saturated carbocycles. The molecular weight excluding hydrogens is 198 g/mol. The van der Waals surface area contributed by atoms with Crippen molar-refractivity contribution < 1.29 is 0 Å². The zero-order chi connectivity index (χ0) is 12.2. The fourth-order valence-corrected chi connectivity index (χ4v) is 2.12. The summed E-state index contributed by atoms with van der Waals surface area (Å²) in [5, 5.41) is 3.49. The van der Waals surface area contributed by atoms with E-state index in [0.29, 0.717) is 12.1 Å². The smallest absolute Gasteiger partial charge is 0.0218 e. The SMILES string of the molecule is CCCC(NCC)C(N)CCCCCCN. The molecule has 0 saturated heterocycles. The van der Waals surface area contributed by atoms with Gasteiger partial charge in [0.1, 0.15) is 0 Å². The lowest BCUT2D eigenvalue weighted by atomic mass is 9.98. The number of nitrogens with two attached hydrogens (primary N) is 2. The number of unbranched alkanes of at least 4 members (excludes halogenated alkanes) is 3. The quantitative estimate of drug-likeness (QED) is 0.475. The lowest BCUT2D eigenvalue weighted by molar-refractivity contribution is 0.383. The van der Waals surface area contributed by atoms with Crippen LogP contribution in [0.2, 0.25) is 0 Å². The third kappa shape index (κ3) is 8.08. The maximum absolute atomic E-state index is 6.22. The molecule has 0 fully saturated rings. The Labute approximate surface area is 101 Å². The highest BCUT2D eigenvalue weighted by Gasteiger charge is 2.14. The van der Waals surface area contributed by atoms with Gasteiger partial charge in [0.2, 0.25) is 0 Å². The third-order valence-corrected chi connectivity index (χ3v) is 3.07. The van der Waals surface area contributed by atoms with Gasteiger partial charge in [-0.3, -0.25) is 0 Å². The van der Waals surface area contributed by atoms with Gasteiger partial charge in [-0.1, -0.05) is 39.5 Å². The van der Waals surface area contributed by atoms with Crippen LogP contribution in [0.25, 0.3) is 0 Å². The van der Waals surface area contributed by atoms with E-state index >= 15 is 0 Å². The van der Waals surface area contributed by atoms with Gasteiger partial charge in [0.05, 0.1) is 0 Å². The summed E-state index contributed by atoms with van der Waals surface area (Å²) < 4.78 is 0. The topological polar surface area (TPSA) is 64.1 Å². The molecule has 98 valence electrons. The highest BCUT2D eigenvalue weighted by molar-refractivity contribution is 4.78. The third-order valence-electron chi connectivity index (χ3n) is 3.07. The van der Waals surface area contributed by atoms with Crippen LogP contribution in [0.1, 0.15) is 58.8 Å². The highest BCUT2D eigenvalue weighted by atomic mass is 14.9. The van der Waals surface area contributed by atoms with Crippen molar-refractivity contribution in [1.82, 2.24) is 5.32 Å². The molecule has 0 bridgehead atoms.